The zero-order valence-corrected chi connectivity index (χ0v) is 27.0. The topological polar surface area (TPSA) is 55.4 Å². The summed E-state index contributed by atoms with van der Waals surface area (Å²) < 4.78 is 37.0. The molecule has 0 unspecified atom stereocenters. The largest absolute Gasteiger partial charge is 0.370 e. The van der Waals surface area contributed by atoms with E-state index in [0.29, 0.717) is 13.6 Å². The Morgan fingerprint density at radius 1 is 0.605 bits per heavy atom. The molecule has 2 heterocycles. The Kier molecular flexibility index (Phi) is 21.1. The first kappa shape index (κ1) is 34.7. The molecule has 7 heteroatoms. The summed E-state index contributed by atoms with van der Waals surface area (Å²) in [5, 5.41) is 0. The Balaban J connectivity index is 1.71. The summed E-state index contributed by atoms with van der Waals surface area (Å²) in [7, 11) is 3.39. The fraction of sp³-hybridized carbons (Fsp3) is 1.00. The first-order chi connectivity index (χ1) is 18.7. The fourth-order valence-electron chi connectivity index (χ4n) is 5.99. The number of methoxy groups -OCH3 is 2. The van der Waals surface area contributed by atoms with Crippen molar-refractivity contribution in [2.45, 2.75) is 166 Å². The van der Waals surface area contributed by atoms with Crippen molar-refractivity contribution in [2.24, 2.45) is 0 Å². The van der Waals surface area contributed by atoms with Crippen LogP contribution in [0.15, 0.2) is 0 Å². The molecule has 2 aliphatic heterocycles. The SMILES string of the molecule is CCCCCCCCCCCC[C@H](OCOC)[C@H]1CC[C@H]([C@H]2CC[C@H]([C@@H](CCCCCI)OCOC)O2)O1. The highest BCUT2D eigenvalue weighted by Gasteiger charge is 2.41. The van der Waals surface area contributed by atoms with Crippen LogP contribution in [0.25, 0.3) is 0 Å². The molecule has 6 nitrogen and oxygen atoms in total. The van der Waals surface area contributed by atoms with E-state index in [-0.39, 0.29) is 36.6 Å². The van der Waals surface area contributed by atoms with Crippen LogP contribution in [0, 0.1) is 0 Å². The zero-order chi connectivity index (χ0) is 27.3. The highest BCUT2D eigenvalue weighted by molar-refractivity contribution is 14.1. The standard InChI is InChI=1S/C31H59IO6/c1-4-5-6-7-8-9-10-11-12-14-17-26(35-24-33-2)28-19-21-30(37-28)31-22-20-29(38-31)27(36-25-34-3)18-15-13-16-23-32/h26-31H,4-25H2,1-3H3/t26-,27+,28+,29+,30+,31+/m0/s1. The summed E-state index contributed by atoms with van der Waals surface area (Å²) in [5.74, 6) is 0. The van der Waals surface area contributed by atoms with Crippen molar-refractivity contribution in [1.29, 1.82) is 0 Å². The summed E-state index contributed by atoms with van der Waals surface area (Å²) in [6.45, 7) is 2.95. The van der Waals surface area contributed by atoms with Crippen molar-refractivity contribution in [2.75, 3.05) is 32.2 Å². The number of hydrogen-bond acceptors (Lipinski definition) is 6. The summed E-state index contributed by atoms with van der Waals surface area (Å²) in [4.78, 5) is 0. The smallest absolute Gasteiger partial charge is 0.146 e. The fourth-order valence-corrected chi connectivity index (χ4v) is 6.53. The van der Waals surface area contributed by atoms with Crippen molar-refractivity contribution in [3.8, 4) is 0 Å². The van der Waals surface area contributed by atoms with Crippen LogP contribution in [0.1, 0.15) is 129 Å². The van der Waals surface area contributed by atoms with Crippen molar-refractivity contribution >= 4 is 22.6 Å². The minimum absolute atomic E-state index is 0.112. The molecule has 0 N–H and O–H groups in total. The van der Waals surface area contributed by atoms with Gasteiger partial charge in [-0.05, 0) is 49.4 Å². The van der Waals surface area contributed by atoms with Crippen LogP contribution in [0.5, 0.6) is 0 Å². The van der Waals surface area contributed by atoms with Gasteiger partial charge in [0.15, 0.2) is 0 Å². The van der Waals surface area contributed by atoms with Crippen LogP contribution in [0.4, 0.5) is 0 Å². The number of unbranched alkanes of at least 4 members (excludes halogenated alkanes) is 11. The van der Waals surface area contributed by atoms with Crippen LogP contribution >= 0.6 is 22.6 Å². The van der Waals surface area contributed by atoms with Gasteiger partial charge in [0.05, 0.1) is 36.6 Å². The highest BCUT2D eigenvalue weighted by atomic mass is 127. The van der Waals surface area contributed by atoms with Gasteiger partial charge in [-0.15, -0.1) is 0 Å². The number of hydrogen-bond donors (Lipinski definition) is 0. The van der Waals surface area contributed by atoms with Crippen LogP contribution < -0.4 is 0 Å². The maximum atomic E-state index is 6.60. The Labute approximate surface area is 248 Å². The minimum atomic E-state index is 0.112. The molecule has 2 aliphatic rings. The zero-order valence-electron chi connectivity index (χ0n) is 24.8. The monoisotopic (exact) mass is 654 g/mol. The molecule has 0 radical (unpaired) electrons. The van der Waals surface area contributed by atoms with E-state index in [1.807, 2.05) is 0 Å². The predicted molar refractivity (Wildman–Crippen MR) is 163 cm³/mol. The van der Waals surface area contributed by atoms with Gasteiger partial charge in [-0.2, -0.15) is 0 Å². The van der Waals surface area contributed by atoms with Crippen LogP contribution in [-0.4, -0.2) is 68.9 Å². The van der Waals surface area contributed by atoms with Crippen LogP contribution in [0.2, 0.25) is 0 Å². The molecule has 2 rings (SSSR count). The molecule has 38 heavy (non-hydrogen) atoms. The second kappa shape index (κ2) is 23.1. The molecular weight excluding hydrogens is 595 g/mol. The van der Waals surface area contributed by atoms with E-state index < -0.39 is 0 Å². The third-order valence-electron chi connectivity index (χ3n) is 8.18. The van der Waals surface area contributed by atoms with Gasteiger partial charge >= 0.3 is 0 Å². The minimum Gasteiger partial charge on any atom is -0.370 e. The van der Waals surface area contributed by atoms with Gasteiger partial charge in [0, 0.05) is 14.2 Å². The van der Waals surface area contributed by atoms with Crippen molar-refractivity contribution < 1.29 is 28.4 Å². The van der Waals surface area contributed by atoms with Gasteiger partial charge in [-0.3, -0.25) is 0 Å². The van der Waals surface area contributed by atoms with Gasteiger partial charge in [0.25, 0.3) is 0 Å². The lowest BCUT2D eigenvalue weighted by Crippen LogP contribution is -2.35. The Bertz CT molecular complexity index is 538. The Morgan fingerprint density at radius 3 is 1.45 bits per heavy atom. The first-order valence-electron chi connectivity index (χ1n) is 15.8. The molecule has 226 valence electrons. The molecule has 2 saturated heterocycles. The Hall–Kier alpha value is 0.490. The quantitative estimate of drug-likeness (QED) is 0.0427. The number of ether oxygens (including phenoxy) is 6. The van der Waals surface area contributed by atoms with Gasteiger partial charge in [0.1, 0.15) is 13.6 Å². The molecule has 0 spiro atoms. The molecule has 0 amide bonds. The average molecular weight is 655 g/mol. The van der Waals surface area contributed by atoms with Crippen LogP contribution in [0.3, 0.4) is 0 Å². The van der Waals surface area contributed by atoms with Gasteiger partial charge in [-0.25, -0.2) is 0 Å². The molecule has 0 saturated carbocycles. The third-order valence-corrected chi connectivity index (χ3v) is 8.94. The van der Waals surface area contributed by atoms with E-state index in [0.717, 1.165) is 38.5 Å². The van der Waals surface area contributed by atoms with Crippen molar-refractivity contribution in [1.82, 2.24) is 0 Å². The lowest BCUT2D eigenvalue weighted by atomic mass is 10.0. The number of alkyl halides is 1. The van der Waals surface area contributed by atoms with E-state index in [1.165, 1.54) is 87.9 Å². The maximum Gasteiger partial charge on any atom is 0.146 e. The van der Waals surface area contributed by atoms with Crippen molar-refractivity contribution in [3.05, 3.63) is 0 Å². The molecule has 0 aliphatic carbocycles. The van der Waals surface area contributed by atoms with E-state index in [9.17, 15) is 0 Å². The van der Waals surface area contributed by atoms with E-state index in [1.54, 1.807) is 14.2 Å². The molecule has 6 atom stereocenters. The van der Waals surface area contributed by atoms with Gasteiger partial charge in [-0.1, -0.05) is 107 Å². The lowest BCUT2D eigenvalue weighted by Gasteiger charge is -2.27. The summed E-state index contributed by atoms with van der Waals surface area (Å²) >= 11 is 2.46. The molecule has 2 fully saturated rings. The van der Waals surface area contributed by atoms with Crippen molar-refractivity contribution in [3.63, 3.8) is 0 Å². The van der Waals surface area contributed by atoms with E-state index in [2.05, 4.69) is 29.5 Å². The molecule has 0 aromatic carbocycles. The maximum absolute atomic E-state index is 6.60. The Morgan fingerprint density at radius 2 is 1.03 bits per heavy atom. The molecular formula is C31H59IO6. The highest BCUT2D eigenvalue weighted by Crippen LogP contribution is 2.36. The van der Waals surface area contributed by atoms with Gasteiger partial charge < -0.3 is 28.4 Å². The van der Waals surface area contributed by atoms with E-state index in [4.69, 9.17) is 28.4 Å². The number of rotatable bonds is 25. The number of halogens is 1. The normalized spacial score (nSPS) is 25.3. The first-order valence-corrected chi connectivity index (χ1v) is 17.3. The average Bonchev–Trinajstić information content (AvgIpc) is 3.61. The molecule has 0 bridgehead atoms. The summed E-state index contributed by atoms with van der Waals surface area (Å²) in [5.41, 5.74) is 0. The summed E-state index contributed by atoms with van der Waals surface area (Å²) in [6, 6.07) is 0. The summed E-state index contributed by atoms with van der Waals surface area (Å²) in [6.07, 6.45) is 24.3. The second-order valence-corrected chi connectivity index (χ2v) is 12.4. The molecule has 0 aromatic heterocycles. The predicted octanol–water partition coefficient (Wildman–Crippen LogP) is 8.37. The lowest BCUT2D eigenvalue weighted by molar-refractivity contribution is -0.158. The molecule has 0 aromatic rings. The third kappa shape index (κ3) is 14.4. The van der Waals surface area contributed by atoms with Crippen LogP contribution in [-0.2, 0) is 28.4 Å². The van der Waals surface area contributed by atoms with E-state index >= 15 is 0 Å². The van der Waals surface area contributed by atoms with Gasteiger partial charge in [0.2, 0.25) is 0 Å². The second-order valence-electron chi connectivity index (χ2n) is 11.3.